The molecule has 0 unspecified atom stereocenters. The summed E-state index contributed by atoms with van der Waals surface area (Å²) in [6, 6.07) is 10.2. The van der Waals surface area contributed by atoms with E-state index in [1.165, 1.54) is 12.1 Å². The molecule has 0 radical (unpaired) electrons. The van der Waals surface area contributed by atoms with Gasteiger partial charge in [-0.05, 0) is 50.5 Å². The normalized spacial score (nSPS) is 10.1. The van der Waals surface area contributed by atoms with Crippen LogP contribution < -0.4 is 5.32 Å². The fourth-order valence-corrected chi connectivity index (χ4v) is 1.76. The van der Waals surface area contributed by atoms with Crippen LogP contribution in [0.3, 0.4) is 0 Å². The van der Waals surface area contributed by atoms with E-state index in [2.05, 4.69) is 10.2 Å². The van der Waals surface area contributed by atoms with Crippen molar-refractivity contribution in [1.82, 2.24) is 10.2 Å². The predicted molar refractivity (Wildman–Crippen MR) is 88.9 cm³/mol. The van der Waals surface area contributed by atoms with Crippen molar-refractivity contribution in [3.63, 3.8) is 0 Å². The van der Waals surface area contributed by atoms with E-state index in [1.807, 2.05) is 26.2 Å². The Morgan fingerprint density at radius 3 is 2.33 bits per heavy atom. The number of hydrogen-bond donors (Lipinski definition) is 1. The zero-order valence-corrected chi connectivity index (χ0v) is 13.8. The maximum Gasteiger partial charge on any atom is 0.134 e. The number of halogens is 3. The van der Waals surface area contributed by atoms with Crippen molar-refractivity contribution < 1.29 is 8.81 Å². The van der Waals surface area contributed by atoms with Gasteiger partial charge in [-0.2, -0.15) is 0 Å². The number of nitrogens with one attached hydrogen (secondary N) is 1. The summed E-state index contributed by atoms with van der Waals surface area (Å²) in [5.74, 6) is 1.42. The Bertz CT molecular complexity index is 515. The van der Waals surface area contributed by atoms with Crippen molar-refractivity contribution >= 4 is 24.8 Å². The summed E-state index contributed by atoms with van der Waals surface area (Å²) in [6.07, 6.45) is 0. The van der Waals surface area contributed by atoms with Gasteiger partial charge >= 0.3 is 0 Å². The van der Waals surface area contributed by atoms with Gasteiger partial charge in [-0.1, -0.05) is 0 Å². The summed E-state index contributed by atoms with van der Waals surface area (Å²) in [4.78, 5) is 2.12. The van der Waals surface area contributed by atoms with E-state index in [0.29, 0.717) is 6.54 Å². The summed E-state index contributed by atoms with van der Waals surface area (Å²) in [6.45, 7) is 2.61. The molecule has 0 bridgehead atoms. The highest BCUT2D eigenvalue weighted by atomic mass is 35.5. The quantitative estimate of drug-likeness (QED) is 0.818. The highest BCUT2D eigenvalue weighted by Crippen LogP contribution is 2.22. The maximum absolute atomic E-state index is 12.8. The smallest absolute Gasteiger partial charge is 0.134 e. The first-order chi connectivity index (χ1) is 9.15. The number of nitrogens with zero attached hydrogens (tertiary/aromatic N) is 1. The fourth-order valence-electron chi connectivity index (χ4n) is 1.76. The average molecular weight is 335 g/mol. The molecule has 0 fully saturated rings. The van der Waals surface area contributed by atoms with Crippen LogP contribution >= 0.6 is 24.8 Å². The highest BCUT2D eigenvalue weighted by molar-refractivity contribution is 5.85. The van der Waals surface area contributed by atoms with Crippen LogP contribution in [0.4, 0.5) is 4.39 Å². The fraction of sp³-hybridized carbons (Fsp3) is 0.333. The van der Waals surface area contributed by atoms with Crippen molar-refractivity contribution in [3.05, 3.63) is 48.0 Å². The Labute approximate surface area is 137 Å². The van der Waals surface area contributed by atoms with E-state index in [0.717, 1.165) is 30.2 Å². The molecule has 2 aromatic rings. The van der Waals surface area contributed by atoms with Crippen LogP contribution in [-0.4, -0.2) is 32.1 Å². The Kier molecular flexibility index (Phi) is 9.29. The first-order valence-corrected chi connectivity index (χ1v) is 6.35. The van der Waals surface area contributed by atoms with E-state index < -0.39 is 0 Å². The molecule has 1 aromatic carbocycles. The minimum atomic E-state index is -0.235. The lowest BCUT2D eigenvalue weighted by atomic mass is 10.2. The first-order valence-electron chi connectivity index (χ1n) is 6.35. The van der Waals surface area contributed by atoms with Crippen molar-refractivity contribution in [1.29, 1.82) is 0 Å². The lowest BCUT2D eigenvalue weighted by molar-refractivity contribution is 0.392. The van der Waals surface area contributed by atoms with E-state index in [4.69, 9.17) is 4.42 Å². The van der Waals surface area contributed by atoms with Crippen LogP contribution in [-0.2, 0) is 6.54 Å². The van der Waals surface area contributed by atoms with Gasteiger partial charge in [-0.3, -0.25) is 0 Å². The minimum Gasteiger partial charge on any atom is -0.460 e. The third-order valence-electron chi connectivity index (χ3n) is 2.83. The zero-order chi connectivity index (χ0) is 13.7. The molecule has 0 saturated carbocycles. The van der Waals surface area contributed by atoms with E-state index >= 15 is 0 Å². The molecular formula is C15H21Cl2FN2O. The molecule has 0 atom stereocenters. The van der Waals surface area contributed by atoms with Gasteiger partial charge in [0, 0.05) is 18.7 Å². The molecule has 6 heteroatoms. The summed E-state index contributed by atoms with van der Waals surface area (Å²) in [5, 5.41) is 3.31. The molecule has 0 amide bonds. The molecule has 2 rings (SSSR count). The van der Waals surface area contributed by atoms with E-state index in [-0.39, 0.29) is 30.6 Å². The van der Waals surface area contributed by atoms with Crippen LogP contribution in [0, 0.1) is 5.82 Å². The SMILES string of the molecule is CN(C)CCNCc1ccc(-c2ccc(F)cc2)o1.Cl.Cl. The second-order valence-corrected chi connectivity index (χ2v) is 4.75. The summed E-state index contributed by atoms with van der Waals surface area (Å²) in [7, 11) is 4.09. The largest absolute Gasteiger partial charge is 0.460 e. The van der Waals surface area contributed by atoms with E-state index in [1.54, 1.807) is 12.1 Å². The second kappa shape index (κ2) is 9.79. The lowest BCUT2D eigenvalue weighted by Crippen LogP contribution is -2.25. The van der Waals surface area contributed by atoms with Crippen LogP contribution in [0.5, 0.6) is 0 Å². The Balaban J connectivity index is 0.00000200. The molecule has 0 aliphatic rings. The lowest BCUT2D eigenvalue weighted by Gasteiger charge is -2.09. The van der Waals surface area contributed by atoms with Gasteiger partial charge in [0.2, 0.25) is 0 Å². The molecule has 0 spiro atoms. The number of benzene rings is 1. The minimum absolute atomic E-state index is 0. The number of likely N-dealkylation sites (N-methyl/N-ethyl adjacent to an activating group) is 1. The number of hydrogen-bond acceptors (Lipinski definition) is 3. The Morgan fingerprint density at radius 2 is 1.71 bits per heavy atom. The monoisotopic (exact) mass is 334 g/mol. The highest BCUT2D eigenvalue weighted by Gasteiger charge is 2.04. The molecule has 118 valence electrons. The molecule has 0 saturated heterocycles. The van der Waals surface area contributed by atoms with Gasteiger partial charge in [-0.25, -0.2) is 4.39 Å². The molecule has 1 aromatic heterocycles. The molecule has 21 heavy (non-hydrogen) atoms. The molecule has 1 N–H and O–H groups in total. The molecule has 1 heterocycles. The van der Waals surface area contributed by atoms with Crippen molar-refractivity contribution in [3.8, 4) is 11.3 Å². The summed E-state index contributed by atoms with van der Waals surface area (Å²) < 4.78 is 18.6. The topological polar surface area (TPSA) is 28.4 Å². The second-order valence-electron chi connectivity index (χ2n) is 4.75. The predicted octanol–water partition coefficient (Wildman–Crippen LogP) is 3.58. The standard InChI is InChI=1S/C15H19FN2O.2ClH/c1-18(2)10-9-17-11-14-7-8-15(19-14)12-3-5-13(16)6-4-12;;/h3-8,17H,9-11H2,1-2H3;2*1H. The Hall–Kier alpha value is -1.07. The molecule has 3 nitrogen and oxygen atoms in total. The van der Waals surface area contributed by atoms with Gasteiger partial charge in [-0.15, -0.1) is 24.8 Å². The van der Waals surface area contributed by atoms with Gasteiger partial charge in [0.05, 0.1) is 6.54 Å². The van der Waals surface area contributed by atoms with Crippen molar-refractivity contribution in [2.75, 3.05) is 27.2 Å². The maximum atomic E-state index is 12.8. The first kappa shape index (κ1) is 19.9. The summed E-state index contributed by atoms with van der Waals surface area (Å²) in [5.41, 5.74) is 0.890. The van der Waals surface area contributed by atoms with Crippen LogP contribution in [0.15, 0.2) is 40.8 Å². The Morgan fingerprint density at radius 1 is 1.05 bits per heavy atom. The van der Waals surface area contributed by atoms with Gasteiger partial charge < -0.3 is 14.6 Å². The van der Waals surface area contributed by atoms with Crippen LogP contribution in [0.25, 0.3) is 11.3 Å². The third-order valence-corrected chi connectivity index (χ3v) is 2.83. The van der Waals surface area contributed by atoms with Gasteiger partial charge in [0.15, 0.2) is 0 Å². The molecule has 0 aliphatic heterocycles. The number of furan rings is 1. The third kappa shape index (κ3) is 6.48. The summed E-state index contributed by atoms with van der Waals surface area (Å²) >= 11 is 0. The number of rotatable bonds is 6. The zero-order valence-electron chi connectivity index (χ0n) is 12.1. The van der Waals surface area contributed by atoms with Crippen molar-refractivity contribution in [2.24, 2.45) is 0 Å². The van der Waals surface area contributed by atoms with Crippen LogP contribution in [0.1, 0.15) is 5.76 Å². The van der Waals surface area contributed by atoms with E-state index in [9.17, 15) is 4.39 Å². The molecule has 0 aliphatic carbocycles. The average Bonchev–Trinajstić information content (AvgIpc) is 2.84. The molecular weight excluding hydrogens is 314 g/mol. The van der Waals surface area contributed by atoms with Gasteiger partial charge in [0.1, 0.15) is 17.3 Å². The van der Waals surface area contributed by atoms with Crippen molar-refractivity contribution in [2.45, 2.75) is 6.54 Å². The van der Waals surface area contributed by atoms with Crippen LogP contribution in [0.2, 0.25) is 0 Å². The van der Waals surface area contributed by atoms with Gasteiger partial charge in [0.25, 0.3) is 0 Å².